The van der Waals surface area contributed by atoms with Gasteiger partial charge in [-0.1, -0.05) is 0 Å². The largest absolute Gasteiger partial charge is 0.394 e. The van der Waals surface area contributed by atoms with Crippen LogP contribution in [0.15, 0.2) is 12.4 Å². The molecule has 1 amide bonds. The number of piperidine rings is 1. The van der Waals surface area contributed by atoms with Crippen LogP contribution in [-0.2, 0) is 11.8 Å². The summed E-state index contributed by atoms with van der Waals surface area (Å²) in [5.74, 6) is 0.0312. The summed E-state index contributed by atoms with van der Waals surface area (Å²) in [5, 5.41) is 12.7. The molecule has 2 heterocycles. The second kappa shape index (κ2) is 5.97. The van der Waals surface area contributed by atoms with Crippen LogP contribution in [0.3, 0.4) is 0 Å². The molecule has 1 aliphatic rings. The van der Waals surface area contributed by atoms with Crippen LogP contribution >= 0.6 is 0 Å². The Labute approximate surface area is 106 Å². The zero-order chi connectivity index (χ0) is 13.0. The highest BCUT2D eigenvalue weighted by atomic mass is 16.5. The molecule has 18 heavy (non-hydrogen) atoms. The van der Waals surface area contributed by atoms with Gasteiger partial charge < -0.3 is 14.7 Å². The van der Waals surface area contributed by atoms with Crippen molar-refractivity contribution in [3.05, 3.63) is 18.0 Å². The van der Waals surface area contributed by atoms with Gasteiger partial charge in [0.2, 0.25) is 0 Å². The van der Waals surface area contributed by atoms with Gasteiger partial charge in [0.25, 0.3) is 5.91 Å². The third-order valence-electron chi connectivity index (χ3n) is 3.13. The number of ether oxygens (including phenoxy) is 1. The van der Waals surface area contributed by atoms with Crippen LogP contribution < -0.4 is 0 Å². The zero-order valence-electron chi connectivity index (χ0n) is 10.6. The number of carbonyl (C=O) groups excluding carboxylic acids is 1. The maximum atomic E-state index is 12.1. The highest BCUT2D eigenvalue weighted by Crippen LogP contribution is 2.15. The molecule has 0 radical (unpaired) electrons. The molecular formula is C12H19N3O3. The Morgan fingerprint density at radius 3 is 2.83 bits per heavy atom. The third kappa shape index (κ3) is 3.08. The Balaban J connectivity index is 1.84. The highest BCUT2D eigenvalue weighted by Gasteiger charge is 2.24. The number of amides is 1. The lowest BCUT2D eigenvalue weighted by molar-refractivity contribution is -0.00554. The van der Waals surface area contributed by atoms with Crippen LogP contribution in [-0.4, -0.2) is 58.1 Å². The van der Waals surface area contributed by atoms with E-state index in [0.29, 0.717) is 25.3 Å². The fourth-order valence-corrected chi connectivity index (χ4v) is 2.16. The molecule has 1 saturated heterocycles. The predicted molar refractivity (Wildman–Crippen MR) is 65.2 cm³/mol. The lowest BCUT2D eigenvalue weighted by Crippen LogP contribution is -2.41. The fourth-order valence-electron chi connectivity index (χ4n) is 2.16. The number of hydrogen-bond acceptors (Lipinski definition) is 4. The molecule has 1 aromatic heterocycles. The smallest absolute Gasteiger partial charge is 0.257 e. The topological polar surface area (TPSA) is 67.6 Å². The summed E-state index contributed by atoms with van der Waals surface area (Å²) in [6.07, 6.45) is 5.14. The first-order chi connectivity index (χ1) is 8.70. The van der Waals surface area contributed by atoms with Crippen molar-refractivity contribution in [3.63, 3.8) is 0 Å². The minimum Gasteiger partial charge on any atom is -0.394 e. The van der Waals surface area contributed by atoms with E-state index in [2.05, 4.69) is 5.10 Å². The zero-order valence-corrected chi connectivity index (χ0v) is 10.6. The second-order valence-electron chi connectivity index (χ2n) is 4.49. The second-order valence-corrected chi connectivity index (χ2v) is 4.49. The Morgan fingerprint density at radius 1 is 1.56 bits per heavy atom. The van der Waals surface area contributed by atoms with E-state index in [1.165, 1.54) is 0 Å². The number of rotatable bonds is 4. The van der Waals surface area contributed by atoms with Crippen molar-refractivity contribution in [2.24, 2.45) is 7.05 Å². The van der Waals surface area contributed by atoms with Gasteiger partial charge >= 0.3 is 0 Å². The van der Waals surface area contributed by atoms with E-state index in [1.807, 2.05) is 4.90 Å². The van der Waals surface area contributed by atoms with Crippen LogP contribution in [0, 0.1) is 0 Å². The molecule has 0 aliphatic carbocycles. The number of carbonyl (C=O) groups is 1. The highest BCUT2D eigenvalue weighted by molar-refractivity contribution is 5.93. The first-order valence-corrected chi connectivity index (χ1v) is 6.21. The summed E-state index contributed by atoms with van der Waals surface area (Å²) < 4.78 is 7.09. The Morgan fingerprint density at radius 2 is 2.28 bits per heavy atom. The average Bonchev–Trinajstić information content (AvgIpc) is 2.83. The van der Waals surface area contributed by atoms with Crippen molar-refractivity contribution in [3.8, 4) is 0 Å². The van der Waals surface area contributed by atoms with Crippen LogP contribution in [0.4, 0.5) is 0 Å². The van der Waals surface area contributed by atoms with Crippen molar-refractivity contribution in [2.75, 3.05) is 26.3 Å². The van der Waals surface area contributed by atoms with Crippen LogP contribution in [0.2, 0.25) is 0 Å². The van der Waals surface area contributed by atoms with E-state index < -0.39 is 0 Å². The fraction of sp³-hybridized carbons (Fsp3) is 0.667. The Hall–Kier alpha value is -1.40. The summed E-state index contributed by atoms with van der Waals surface area (Å²) >= 11 is 0. The molecule has 0 unspecified atom stereocenters. The molecule has 0 spiro atoms. The van der Waals surface area contributed by atoms with Gasteiger partial charge in [-0.05, 0) is 12.8 Å². The van der Waals surface area contributed by atoms with Gasteiger partial charge in [-0.3, -0.25) is 9.48 Å². The van der Waals surface area contributed by atoms with Crippen molar-refractivity contribution < 1.29 is 14.6 Å². The van der Waals surface area contributed by atoms with Crippen LogP contribution in [0.1, 0.15) is 23.2 Å². The van der Waals surface area contributed by atoms with Crippen LogP contribution in [0.5, 0.6) is 0 Å². The average molecular weight is 253 g/mol. The summed E-state index contributed by atoms with van der Waals surface area (Å²) in [4.78, 5) is 14.0. The lowest BCUT2D eigenvalue weighted by atomic mass is 10.1. The molecule has 6 nitrogen and oxygen atoms in total. The quantitative estimate of drug-likeness (QED) is 0.822. The molecule has 1 aromatic rings. The summed E-state index contributed by atoms with van der Waals surface area (Å²) in [6.45, 7) is 1.82. The van der Waals surface area contributed by atoms with Gasteiger partial charge in [-0.15, -0.1) is 0 Å². The first kappa shape index (κ1) is 13.0. The number of aryl methyl sites for hydroxylation is 1. The van der Waals surface area contributed by atoms with E-state index in [1.54, 1.807) is 24.1 Å². The van der Waals surface area contributed by atoms with E-state index >= 15 is 0 Å². The maximum absolute atomic E-state index is 12.1. The number of aliphatic hydroxyl groups excluding tert-OH is 1. The molecular weight excluding hydrogens is 234 g/mol. The third-order valence-corrected chi connectivity index (χ3v) is 3.13. The monoisotopic (exact) mass is 253 g/mol. The van der Waals surface area contributed by atoms with Gasteiger partial charge in [-0.25, -0.2) is 0 Å². The standard InChI is InChI=1S/C12H19N3O3/c1-14-9-10(8-13-14)12(17)15-4-2-11(3-5-15)18-7-6-16/h8-9,11,16H,2-7H2,1H3. The molecule has 0 saturated carbocycles. The van der Waals surface area contributed by atoms with Crippen molar-refractivity contribution >= 4 is 5.91 Å². The summed E-state index contributed by atoms with van der Waals surface area (Å²) in [7, 11) is 1.80. The van der Waals surface area contributed by atoms with Crippen molar-refractivity contribution in [1.82, 2.24) is 14.7 Å². The molecule has 6 heteroatoms. The molecule has 0 aromatic carbocycles. The van der Waals surface area contributed by atoms with E-state index in [4.69, 9.17) is 9.84 Å². The van der Waals surface area contributed by atoms with E-state index in [9.17, 15) is 4.79 Å². The molecule has 2 rings (SSSR count). The van der Waals surface area contributed by atoms with Crippen LogP contribution in [0.25, 0.3) is 0 Å². The predicted octanol–water partition coefficient (Wildman–Crippen LogP) is 0.0336. The number of nitrogens with zero attached hydrogens (tertiary/aromatic N) is 3. The Bertz CT molecular complexity index is 397. The van der Waals surface area contributed by atoms with Gasteiger partial charge in [-0.2, -0.15) is 5.10 Å². The minimum atomic E-state index is 0.0312. The summed E-state index contributed by atoms with van der Waals surface area (Å²) in [6, 6.07) is 0. The Kier molecular flexibility index (Phi) is 4.33. The minimum absolute atomic E-state index is 0.0312. The van der Waals surface area contributed by atoms with Crippen molar-refractivity contribution in [2.45, 2.75) is 18.9 Å². The number of hydrogen-bond donors (Lipinski definition) is 1. The van der Waals surface area contributed by atoms with Gasteiger partial charge in [0.05, 0.1) is 31.1 Å². The normalized spacial score (nSPS) is 17.1. The molecule has 1 fully saturated rings. The van der Waals surface area contributed by atoms with Gasteiger partial charge in [0, 0.05) is 26.3 Å². The molecule has 100 valence electrons. The SMILES string of the molecule is Cn1cc(C(=O)N2CCC(OCCO)CC2)cn1. The summed E-state index contributed by atoms with van der Waals surface area (Å²) in [5.41, 5.74) is 0.632. The van der Waals surface area contributed by atoms with Crippen molar-refractivity contribution in [1.29, 1.82) is 0 Å². The maximum Gasteiger partial charge on any atom is 0.257 e. The molecule has 0 atom stereocenters. The lowest BCUT2D eigenvalue weighted by Gasteiger charge is -2.31. The number of aliphatic hydroxyl groups is 1. The number of likely N-dealkylation sites (tertiary alicyclic amines) is 1. The molecule has 1 aliphatic heterocycles. The first-order valence-electron chi connectivity index (χ1n) is 6.21. The van der Waals surface area contributed by atoms with Gasteiger partial charge in [0.15, 0.2) is 0 Å². The van der Waals surface area contributed by atoms with E-state index in [-0.39, 0.29) is 18.6 Å². The van der Waals surface area contributed by atoms with E-state index in [0.717, 1.165) is 12.8 Å². The molecule has 0 bridgehead atoms. The number of aromatic nitrogens is 2. The van der Waals surface area contributed by atoms with Gasteiger partial charge in [0.1, 0.15) is 0 Å². The molecule has 1 N–H and O–H groups in total.